The summed E-state index contributed by atoms with van der Waals surface area (Å²) in [6.45, 7) is 11.3. The molecule has 1 aliphatic rings. The Bertz CT molecular complexity index is 1330. The zero-order valence-electron chi connectivity index (χ0n) is 20.9. The molecule has 172 valence electrons. The van der Waals surface area contributed by atoms with Gasteiger partial charge >= 0.3 is 0 Å². The molecule has 0 atom stereocenters. The summed E-state index contributed by atoms with van der Waals surface area (Å²) in [6, 6.07) is 15.8. The Balaban J connectivity index is 1.58. The van der Waals surface area contributed by atoms with E-state index in [1.54, 1.807) is 0 Å². The highest BCUT2D eigenvalue weighted by atomic mass is 15.2. The molecular weight excluding hydrogens is 406 g/mol. The number of rotatable bonds is 3. The maximum atomic E-state index is 5.22. The summed E-state index contributed by atoms with van der Waals surface area (Å²) >= 11 is 0. The Labute approximate surface area is 196 Å². The van der Waals surface area contributed by atoms with Crippen molar-refractivity contribution in [2.45, 2.75) is 64.6 Å². The van der Waals surface area contributed by atoms with Gasteiger partial charge in [-0.15, -0.1) is 0 Å². The van der Waals surface area contributed by atoms with E-state index in [1.807, 2.05) is 11.7 Å². The molecule has 0 radical (unpaired) electrons. The fourth-order valence-electron chi connectivity index (χ4n) is 5.88. The number of nitrogens with one attached hydrogen (secondary N) is 1. The molecule has 0 bridgehead atoms. The van der Waals surface area contributed by atoms with E-state index in [9.17, 15) is 0 Å². The standard InChI is InChI=1S/C28H35N5/c1-18-13-20(14-21-17-32(6)30-25(18)21)23-10-8-9-19-11-12-24(29-26(19)23)33(7)22-15-27(2,3)31-28(4,5)16-22/h8-14,17,22,31H,15-16H2,1-7H3. The van der Waals surface area contributed by atoms with Gasteiger partial charge in [-0.05, 0) is 82.9 Å². The summed E-state index contributed by atoms with van der Waals surface area (Å²) < 4.78 is 1.89. The molecule has 0 saturated carbocycles. The van der Waals surface area contributed by atoms with E-state index in [0.717, 1.165) is 35.1 Å². The van der Waals surface area contributed by atoms with Crippen LogP contribution in [0.15, 0.2) is 48.7 Å². The topological polar surface area (TPSA) is 46.0 Å². The summed E-state index contributed by atoms with van der Waals surface area (Å²) in [6.07, 6.45) is 4.26. The van der Waals surface area contributed by atoms with Crippen LogP contribution in [0.5, 0.6) is 0 Å². The van der Waals surface area contributed by atoms with Gasteiger partial charge in [-0.2, -0.15) is 5.10 Å². The maximum Gasteiger partial charge on any atom is 0.129 e. The third-order valence-corrected chi connectivity index (χ3v) is 7.01. The number of fused-ring (bicyclic) bond motifs is 2. The van der Waals surface area contributed by atoms with Gasteiger partial charge < -0.3 is 10.2 Å². The quantitative estimate of drug-likeness (QED) is 0.434. The van der Waals surface area contributed by atoms with Crippen molar-refractivity contribution in [3.05, 3.63) is 54.2 Å². The van der Waals surface area contributed by atoms with Gasteiger partial charge in [0.2, 0.25) is 0 Å². The van der Waals surface area contributed by atoms with E-state index >= 15 is 0 Å². The molecule has 0 aliphatic carbocycles. The van der Waals surface area contributed by atoms with E-state index < -0.39 is 0 Å². The average molecular weight is 442 g/mol. The zero-order chi connectivity index (χ0) is 23.5. The van der Waals surface area contributed by atoms with Crippen molar-refractivity contribution in [3.8, 4) is 11.1 Å². The van der Waals surface area contributed by atoms with Crippen LogP contribution in [0.4, 0.5) is 5.82 Å². The van der Waals surface area contributed by atoms with Crippen molar-refractivity contribution in [3.63, 3.8) is 0 Å². The molecule has 0 unspecified atom stereocenters. The van der Waals surface area contributed by atoms with Gasteiger partial charge in [0.1, 0.15) is 5.82 Å². The summed E-state index contributed by atoms with van der Waals surface area (Å²) in [5.41, 5.74) is 5.85. The number of anilines is 1. The summed E-state index contributed by atoms with van der Waals surface area (Å²) in [7, 11) is 4.18. The van der Waals surface area contributed by atoms with Crippen molar-refractivity contribution >= 4 is 27.6 Å². The predicted octanol–water partition coefficient (Wildman–Crippen LogP) is 5.84. The number of hydrogen-bond acceptors (Lipinski definition) is 4. The number of para-hydroxylation sites is 1. The summed E-state index contributed by atoms with van der Waals surface area (Å²) in [5.74, 6) is 1.03. The fraction of sp³-hybridized carbons (Fsp3) is 0.429. The van der Waals surface area contributed by atoms with Gasteiger partial charge in [-0.1, -0.05) is 18.2 Å². The second kappa shape index (κ2) is 7.56. The number of hydrogen-bond donors (Lipinski definition) is 1. The van der Waals surface area contributed by atoms with Crippen LogP contribution in [0, 0.1) is 6.92 Å². The molecule has 33 heavy (non-hydrogen) atoms. The van der Waals surface area contributed by atoms with Crippen molar-refractivity contribution in [2.75, 3.05) is 11.9 Å². The highest BCUT2D eigenvalue weighted by Crippen LogP contribution is 2.35. The first-order valence-corrected chi connectivity index (χ1v) is 11.9. The Morgan fingerprint density at radius 2 is 1.70 bits per heavy atom. The lowest BCUT2D eigenvalue weighted by molar-refractivity contribution is 0.160. The molecule has 5 rings (SSSR count). The molecule has 5 heteroatoms. The van der Waals surface area contributed by atoms with Crippen molar-refractivity contribution in [1.82, 2.24) is 20.1 Å². The van der Waals surface area contributed by atoms with Crippen LogP contribution in [-0.2, 0) is 7.05 Å². The lowest BCUT2D eigenvalue weighted by Crippen LogP contribution is -2.62. The second-order valence-electron chi connectivity index (χ2n) is 11.1. The number of aromatic nitrogens is 3. The average Bonchev–Trinajstić information content (AvgIpc) is 3.11. The Kier molecular flexibility index (Phi) is 5.02. The van der Waals surface area contributed by atoms with Gasteiger partial charge in [-0.3, -0.25) is 4.68 Å². The highest BCUT2D eigenvalue weighted by molar-refractivity contribution is 5.97. The molecular formula is C28H35N5. The van der Waals surface area contributed by atoms with Crippen molar-refractivity contribution in [2.24, 2.45) is 7.05 Å². The monoisotopic (exact) mass is 441 g/mol. The molecule has 5 nitrogen and oxygen atoms in total. The van der Waals surface area contributed by atoms with Crippen LogP contribution in [0.25, 0.3) is 32.9 Å². The zero-order valence-corrected chi connectivity index (χ0v) is 20.9. The number of benzene rings is 2. The molecule has 2 aromatic carbocycles. The minimum atomic E-state index is 0.0966. The first kappa shape index (κ1) is 21.9. The van der Waals surface area contributed by atoms with E-state index in [-0.39, 0.29) is 11.1 Å². The number of pyridine rings is 1. The molecule has 2 aromatic heterocycles. The molecule has 3 heterocycles. The van der Waals surface area contributed by atoms with Gasteiger partial charge in [0.25, 0.3) is 0 Å². The molecule has 4 aromatic rings. The van der Waals surface area contributed by atoms with Crippen LogP contribution in [0.1, 0.15) is 46.1 Å². The predicted molar refractivity (Wildman–Crippen MR) is 139 cm³/mol. The van der Waals surface area contributed by atoms with Gasteiger partial charge in [-0.25, -0.2) is 4.98 Å². The third kappa shape index (κ3) is 4.10. The van der Waals surface area contributed by atoms with Gasteiger partial charge in [0.05, 0.1) is 11.0 Å². The first-order chi connectivity index (χ1) is 15.5. The van der Waals surface area contributed by atoms with Crippen molar-refractivity contribution in [1.29, 1.82) is 0 Å². The van der Waals surface area contributed by atoms with Crippen LogP contribution in [0.3, 0.4) is 0 Å². The number of piperidine rings is 1. The van der Waals surface area contributed by atoms with E-state index in [2.05, 4.69) is 106 Å². The van der Waals surface area contributed by atoms with Crippen LogP contribution < -0.4 is 10.2 Å². The lowest BCUT2D eigenvalue weighted by Gasteiger charge is -2.49. The highest BCUT2D eigenvalue weighted by Gasteiger charge is 2.39. The minimum Gasteiger partial charge on any atom is -0.357 e. The third-order valence-electron chi connectivity index (χ3n) is 7.01. The molecule has 0 amide bonds. The minimum absolute atomic E-state index is 0.0966. The summed E-state index contributed by atoms with van der Waals surface area (Å²) in [5, 5.41) is 10.7. The largest absolute Gasteiger partial charge is 0.357 e. The van der Waals surface area contributed by atoms with Gasteiger partial charge in [0.15, 0.2) is 0 Å². The van der Waals surface area contributed by atoms with Crippen LogP contribution in [0.2, 0.25) is 0 Å². The van der Waals surface area contributed by atoms with E-state index in [1.165, 1.54) is 22.1 Å². The molecule has 1 fully saturated rings. The second-order valence-corrected chi connectivity index (χ2v) is 11.1. The molecule has 1 saturated heterocycles. The molecule has 1 aliphatic heterocycles. The van der Waals surface area contributed by atoms with Crippen LogP contribution >= 0.6 is 0 Å². The van der Waals surface area contributed by atoms with Gasteiger partial charge in [0, 0.05) is 53.7 Å². The Morgan fingerprint density at radius 1 is 0.970 bits per heavy atom. The van der Waals surface area contributed by atoms with E-state index in [0.29, 0.717) is 6.04 Å². The van der Waals surface area contributed by atoms with Crippen molar-refractivity contribution < 1.29 is 0 Å². The van der Waals surface area contributed by atoms with Crippen LogP contribution in [-0.4, -0.2) is 38.9 Å². The molecule has 1 N–H and O–H groups in total. The fourth-order valence-corrected chi connectivity index (χ4v) is 5.88. The molecule has 0 spiro atoms. The Hall–Kier alpha value is -2.92. The lowest BCUT2D eigenvalue weighted by atomic mass is 9.79. The number of aryl methyl sites for hydroxylation is 2. The Morgan fingerprint density at radius 3 is 2.42 bits per heavy atom. The first-order valence-electron chi connectivity index (χ1n) is 11.9. The normalized spacial score (nSPS) is 18.2. The number of nitrogens with zero attached hydrogens (tertiary/aromatic N) is 4. The maximum absolute atomic E-state index is 5.22. The smallest absolute Gasteiger partial charge is 0.129 e. The summed E-state index contributed by atoms with van der Waals surface area (Å²) in [4.78, 5) is 7.61. The van der Waals surface area contributed by atoms with E-state index in [4.69, 9.17) is 4.98 Å². The SMILES string of the molecule is Cc1cc(-c2cccc3ccc(N(C)C4CC(C)(C)NC(C)(C)C4)nc23)cc2cn(C)nc12.